The minimum atomic E-state index is 1.10. The van der Waals surface area contributed by atoms with Crippen molar-refractivity contribution >= 4 is 60.2 Å². The summed E-state index contributed by atoms with van der Waals surface area (Å²) in [5.41, 5.74) is 13.0. The van der Waals surface area contributed by atoms with Gasteiger partial charge in [0.25, 0.3) is 0 Å². The fourth-order valence-electron chi connectivity index (χ4n) is 8.82. The van der Waals surface area contributed by atoms with Crippen LogP contribution in [-0.2, 0) is 0 Å². The lowest BCUT2D eigenvalue weighted by atomic mass is 9.94. The molecule has 0 unspecified atom stereocenters. The van der Waals surface area contributed by atoms with E-state index in [0.717, 1.165) is 17.1 Å². The number of hydrogen-bond acceptors (Lipinski definition) is 1. The smallest absolute Gasteiger partial charge is 0.0462 e. The minimum absolute atomic E-state index is 1.10. The average Bonchev–Trinajstić information content (AvgIpc) is 3.32. The first-order valence-electron chi connectivity index (χ1n) is 20.3. The Morgan fingerprint density at radius 2 is 0.542 bits per heavy atom. The number of rotatable bonds is 7. The highest BCUT2D eigenvalue weighted by Crippen LogP contribution is 2.40. The van der Waals surface area contributed by atoms with E-state index in [9.17, 15) is 0 Å². The van der Waals surface area contributed by atoms with Crippen molar-refractivity contribution in [2.24, 2.45) is 0 Å². The van der Waals surface area contributed by atoms with E-state index in [1.807, 2.05) is 0 Å². The molecule has 0 aliphatic carbocycles. The number of anilines is 3. The first kappa shape index (κ1) is 34.5. The van der Waals surface area contributed by atoms with Crippen LogP contribution in [0.3, 0.4) is 0 Å². The molecule has 59 heavy (non-hydrogen) atoms. The van der Waals surface area contributed by atoms with Crippen LogP contribution >= 0.6 is 0 Å². The van der Waals surface area contributed by atoms with Crippen LogP contribution in [0.25, 0.3) is 87.6 Å². The van der Waals surface area contributed by atoms with Crippen LogP contribution < -0.4 is 4.90 Å². The van der Waals surface area contributed by atoms with Gasteiger partial charge in [0.2, 0.25) is 0 Å². The Hall–Kier alpha value is -7.74. The Balaban J connectivity index is 0.982. The molecule has 0 saturated heterocycles. The fourth-order valence-corrected chi connectivity index (χ4v) is 8.82. The molecule has 1 heteroatoms. The van der Waals surface area contributed by atoms with Crippen molar-refractivity contribution in [2.45, 2.75) is 0 Å². The molecular weight excluding hydrogens is 711 g/mol. The van der Waals surface area contributed by atoms with Crippen molar-refractivity contribution < 1.29 is 0 Å². The molecule has 0 bridgehead atoms. The highest BCUT2D eigenvalue weighted by molar-refractivity contribution is 6.10. The number of benzene rings is 11. The summed E-state index contributed by atoms with van der Waals surface area (Å²) in [4.78, 5) is 2.36. The second-order valence-corrected chi connectivity index (χ2v) is 15.3. The van der Waals surface area contributed by atoms with Gasteiger partial charge in [-0.05, 0) is 136 Å². The molecule has 0 radical (unpaired) electrons. The summed E-state index contributed by atoms with van der Waals surface area (Å²) in [6.45, 7) is 0. The molecule has 0 aromatic heterocycles. The quantitative estimate of drug-likeness (QED) is 0.147. The molecule has 11 rings (SSSR count). The third-order valence-corrected chi connectivity index (χ3v) is 11.9. The average molecular weight is 750 g/mol. The third-order valence-electron chi connectivity index (χ3n) is 11.9. The molecule has 11 aromatic rings. The highest BCUT2D eigenvalue weighted by Gasteiger charge is 2.15. The Morgan fingerprint density at radius 1 is 0.203 bits per heavy atom. The van der Waals surface area contributed by atoms with Crippen LogP contribution in [0.4, 0.5) is 17.1 Å². The largest absolute Gasteiger partial charge is 0.311 e. The van der Waals surface area contributed by atoms with Gasteiger partial charge in [-0.25, -0.2) is 0 Å². The van der Waals surface area contributed by atoms with Crippen molar-refractivity contribution in [2.75, 3.05) is 4.90 Å². The first-order chi connectivity index (χ1) is 29.2. The van der Waals surface area contributed by atoms with Crippen LogP contribution in [0.15, 0.2) is 237 Å². The van der Waals surface area contributed by atoms with Crippen molar-refractivity contribution in [3.8, 4) is 44.5 Å². The van der Waals surface area contributed by atoms with E-state index in [4.69, 9.17) is 0 Å². The predicted molar refractivity (Wildman–Crippen MR) is 253 cm³/mol. The molecule has 1 nitrogen and oxygen atoms in total. The van der Waals surface area contributed by atoms with E-state index in [-0.39, 0.29) is 0 Å². The van der Waals surface area contributed by atoms with Crippen molar-refractivity contribution in [1.82, 2.24) is 0 Å². The molecule has 0 amide bonds. The van der Waals surface area contributed by atoms with Crippen LogP contribution in [0.5, 0.6) is 0 Å². The first-order valence-corrected chi connectivity index (χ1v) is 20.3. The molecule has 0 heterocycles. The summed E-state index contributed by atoms with van der Waals surface area (Å²) in [6, 6.07) is 86.2. The van der Waals surface area contributed by atoms with Gasteiger partial charge in [-0.2, -0.15) is 0 Å². The second kappa shape index (κ2) is 14.6. The van der Waals surface area contributed by atoms with Gasteiger partial charge in [0.05, 0.1) is 0 Å². The van der Waals surface area contributed by atoms with E-state index in [2.05, 4.69) is 241 Å². The normalized spacial score (nSPS) is 11.4. The van der Waals surface area contributed by atoms with E-state index in [0.29, 0.717) is 0 Å². The standard InChI is InChI=1S/C58H39N/c1-2-10-40(11-3-1)48-24-22-46-20-21-47-23-25-49(39-58(47)57(46)38-48)41-26-32-50(33-27-41)59(51-34-28-44(29-35-51)55-18-8-14-42-12-4-6-16-53(42)55)52-36-30-45(31-37-52)56-19-9-15-43-13-5-7-17-54(43)56/h1-39H. The lowest BCUT2D eigenvalue weighted by Crippen LogP contribution is -2.09. The number of nitrogens with zero attached hydrogens (tertiary/aromatic N) is 1. The van der Waals surface area contributed by atoms with E-state index < -0.39 is 0 Å². The van der Waals surface area contributed by atoms with Gasteiger partial charge in [-0.15, -0.1) is 0 Å². The van der Waals surface area contributed by atoms with Crippen molar-refractivity contribution in [3.05, 3.63) is 237 Å². The molecule has 0 saturated carbocycles. The molecule has 0 atom stereocenters. The monoisotopic (exact) mass is 749 g/mol. The van der Waals surface area contributed by atoms with E-state index in [1.54, 1.807) is 0 Å². The lowest BCUT2D eigenvalue weighted by molar-refractivity contribution is 1.28. The minimum Gasteiger partial charge on any atom is -0.311 e. The van der Waals surface area contributed by atoms with Crippen molar-refractivity contribution in [1.29, 1.82) is 0 Å². The Kier molecular flexibility index (Phi) is 8.56. The Bertz CT molecular complexity index is 3160. The summed E-state index contributed by atoms with van der Waals surface area (Å²) in [5, 5.41) is 10.0. The van der Waals surface area contributed by atoms with Crippen molar-refractivity contribution in [3.63, 3.8) is 0 Å². The van der Waals surface area contributed by atoms with Crippen LogP contribution in [0, 0.1) is 0 Å². The summed E-state index contributed by atoms with van der Waals surface area (Å²) >= 11 is 0. The topological polar surface area (TPSA) is 3.24 Å². The maximum Gasteiger partial charge on any atom is 0.0462 e. The summed E-state index contributed by atoms with van der Waals surface area (Å²) in [7, 11) is 0. The van der Waals surface area contributed by atoms with Gasteiger partial charge in [0, 0.05) is 17.1 Å². The molecule has 0 fully saturated rings. The van der Waals surface area contributed by atoms with Gasteiger partial charge < -0.3 is 4.90 Å². The molecule has 276 valence electrons. The SMILES string of the molecule is c1ccc(-c2ccc3ccc4ccc(-c5ccc(N(c6ccc(-c7cccc8ccccc78)cc6)c6ccc(-c7cccc8ccccc78)cc6)cc5)cc4c3c2)cc1. The van der Waals surface area contributed by atoms with Gasteiger partial charge in [-0.1, -0.05) is 188 Å². The molecule has 0 N–H and O–H groups in total. The van der Waals surface area contributed by atoms with Gasteiger partial charge in [-0.3, -0.25) is 0 Å². The fraction of sp³-hybridized carbons (Fsp3) is 0. The van der Waals surface area contributed by atoms with Gasteiger partial charge in [0.1, 0.15) is 0 Å². The Morgan fingerprint density at radius 3 is 1.02 bits per heavy atom. The van der Waals surface area contributed by atoms with Crippen LogP contribution in [0.2, 0.25) is 0 Å². The van der Waals surface area contributed by atoms with Crippen LogP contribution in [-0.4, -0.2) is 0 Å². The Labute approximate surface area is 344 Å². The maximum atomic E-state index is 2.36. The van der Waals surface area contributed by atoms with Gasteiger partial charge >= 0.3 is 0 Å². The number of hydrogen-bond donors (Lipinski definition) is 0. The predicted octanol–water partition coefficient (Wildman–Crippen LogP) is 16.4. The molecule has 0 spiro atoms. The lowest BCUT2D eigenvalue weighted by Gasteiger charge is -2.26. The van der Waals surface area contributed by atoms with Crippen LogP contribution in [0.1, 0.15) is 0 Å². The third kappa shape index (κ3) is 6.40. The zero-order chi connectivity index (χ0) is 39.1. The summed E-state index contributed by atoms with van der Waals surface area (Å²) < 4.78 is 0. The van der Waals surface area contributed by atoms with Gasteiger partial charge in [0.15, 0.2) is 0 Å². The second-order valence-electron chi connectivity index (χ2n) is 15.3. The zero-order valence-electron chi connectivity index (χ0n) is 32.5. The van der Waals surface area contributed by atoms with E-state index >= 15 is 0 Å². The number of fused-ring (bicyclic) bond motifs is 5. The molecular formula is C58H39N. The zero-order valence-corrected chi connectivity index (χ0v) is 32.5. The summed E-state index contributed by atoms with van der Waals surface area (Å²) in [6.07, 6.45) is 0. The highest BCUT2D eigenvalue weighted by atomic mass is 15.1. The molecule has 0 aliphatic rings. The maximum absolute atomic E-state index is 2.36. The van der Waals surface area contributed by atoms with E-state index in [1.165, 1.54) is 87.6 Å². The molecule has 0 aliphatic heterocycles. The summed E-state index contributed by atoms with van der Waals surface area (Å²) in [5.74, 6) is 0. The molecule has 11 aromatic carbocycles.